The standard InChI is InChI=1S/C11H7BrFNO3.C5H12O/c12-9-2-6-1-7(4-14-5-15)17-11(16)8(6)3-10(9)13;1-5(2,3)6-4/h1-3,5H,4H2,(H,14,15);1-4H3. The predicted octanol–water partition coefficient (Wildman–Crippen LogP) is 3.37. The summed E-state index contributed by atoms with van der Waals surface area (Å²) in [6.45, 7) is 6.18. The number of fused-ring (bicyclic) bond motifs is 1. The summed E-state index contributed by atoms with van der Waals surface area (Å²) in [6, 6.07) is 4.19. The van der Waals surface area contributed by atoms with Crippen molar-refractivity contribution in [2.75, 3.05) is 7.11 Å². The van der Waals surface area contributed by atoms with E-state index >= 15 is 0 Å². The van der Waals surface area contributed by atoms with E-state index in [1.165, 1.54) is 6.07 Å². The van der Waals surface area contributed by atoms with Gasteiger partial charge in [0.1, 0.15) is 11.6 Å². The first-order valence-electron chi connectivity index (χ1n) is 6.82. The molecule has 2 rings (SSSR count). The van der Waals surface area contributed by atoms with Crippen molar-refractivity contribution in [1.29, 1.82) is 0 Å². The van der Waals surface area contributed by atoms with Gasteiger partial charge in [-0.2, -0.15) is 0 Å². The molecule has 1 aromatic carbocycles. The molecule has 0 saturated heterocycles. The van der Waals surface area contributed by atoms with Crippen LogP contribution in [0.4, 0.5) is 4.39 Å². The number of hydrogen-bond donors (Lipinski definition) is 1. The van der Waals surface area contributed by atoms with E-state index in [1.54, 1.807) is 13.2 Å². The first kappa shape index (κ1) is 19.3. The molecule has 0 radical (unpaired) electrons. The highest BCUT2D eigenvalue weighted by atomic mass is 79.9. The Hall–Kier alpha value is -1.73. The molecule has 0 atom stereocenters. The maximum atomic E-state index is 13.2. The van der Waals surface area contributed by atoms with Gasteiger partial charge in [0.15, 0.2) is 0 Å². The zero-order valence-electron chi connectivity index (χ0n) is 13.4. The average Bonchev–Trinajstić information content (AvgIpc) is 2.47. The molecule has 0 aliphatic heterocycles. The Kier molecular flexibility index (Phi) is 6.90. The number of carbonyl (C=O) groups is 1. The van der Waals surface area contributed by atoms with E-state index in [1.807, 2.05) is 20.8 Å². The van der Waals surface area contributed by atoms with E-state index in [0.29, 0.717) is 17.6 Å². The van der Waals surface area contributed by atoms with E-state index in [9.17, 15) is 14.0 Å². The topological polar surface area (TPSA) is 68.5 Å². The molecule has 0 aliphatic carbocycles. The van der Waals surface area contributed by atoms with Crippen LogP contribution in [0.15, 0.2) is 31.9 Å². The Balaban J connectivity index is 0.000000379. The van der Waals surface area contributed by atoms with Gasteiger partial charge in [-0.3, -0.25) is 4.79 Å². The number of amides is 1. The Morgan fingerprint density at radius 2 is 1.96 bits per heavy atom. The van der Waals surface area contributed by atoms with Crippen LogP contribution in [-0.2, 0) is 16.1 Å². The fourth-order valence-electron chi connectivity index (χ4n) is 1.46. The van der Waals surface area contributed by atoms with Gasteiger partial charge in [0.25, 0.3) is 0 Å². The van der Waals surface area contributed by atoms with Gasteiger partial charge >= 0.3 is 5.63 Å². The third kappa shape index (κ3) is 6.11. The van der Waals surface area contributed by atoms with Crippen LogP contribution in [0.2, 0.25) is 0 Å². The third-order valence-electron chi connectivity index (χ3n) is 2.82. The van der Waals surface area contributed by atoms with Gasteiger partial charge in [0.2, 0.25) is 6.41 Å². The van der Waals surface area contributed by atoms with Gasteiger partial charge in [-0.25, -0.2) is 9.18 Å². The summed E-state index contributed by atoms with van der Waals surface area (Å²) in [5.41, 5.74) is -0.586. The largest absolute Gasteiger partial charge is 0.426 e. The van der Waals surface area contributed by atoms with Crippen molar-refractivity contribution >= 4 is 33.1 Å². The van der Waals surface area contributed by atoms with Crippen LogP contribution in [0.1, 0.15) is 26.5 Å². The lowest BCUT2D eigenvalue weighted by Gasteiger charge is -2.14. The second-order valence-electron chi connectivity index (χ2n) is 5.67. The van der Waals surface area contributed by atoms with Crippen molar-refractivity contribution in [3.63, 3.8) is 0 Å². The predicted molar refractivity (Wildman–Crippen MR) is 89.8 cm³/mol. The van der Waals surface area contributed by atoms with Crippen LogP contribution in [0.3, 0.4) is 0 Å². The van der Waals surface area contributed by atoms with Crippen molar-refractivity contribution in [3.05, 3.63) is 44.7 Å². The van der Waals surface area contributed by atoms with Crippen LogP contribution < -0.4 is 10.9 Å². The Labute approximate surface area is 141 Å². The van der Waals surface area contributed by atoms with Crippen molar-refractivity contribution in [1.82, 2.24) is 5.32 Å². The number of halogens is 2. The molecule has 126 valence electrons. The second-order valence-corrected chi connectivity index (χ2v) is 6.52. The van der Waals surface area contributed by atoms with Gasteiger partial charge in [-0.05, 0) is 60.3 Å². The molecule has 1 amide bonds. The Morgan fingerprint density at radius 1 is 1.35 bits per heavy atom. The van der Waals surface area contributed by atoms with Crippen LogP contribution in [-0.4, -0.2) is 19.1 Å². The maximum absolute atomic E-state index is 13.2. The summed E-state index contributed by atoms with van der Waals surface area (Å²) in [5.74, 6) is -0.211. The molecular weight excluding hydrogens is 369 g/mol. The Morgan fingerprint density at radius 3 is 2.48 bits per heavy atom. The van der Waals surface area contributed by atoms with Gasteiger partial charge < -0.3 is 14.5 Å². The molecule has 0 spiro atoms. The van der Waals surface area contributed by atoms with Gasteiger partial charge in [-0.1, -0.05) is 0 Å². The molecule has 0 fully saturated rings. The van der Waals surface area contributed by atoms with E-state index in [0.717, 1.165) is 6.07 Å². The zero-order valence-corrected chi connectivity index (χ0v) is 15.0. The molecule has 5 nitrogen and oxygen atoms in total. The van der Waals surface area contributed by atoms with Gasteiger partial charge in [0.05, 0.1) is 22.0 Å². The number of rotatable bonds is 3. The van der Waals surface area contributed by atoms with Gasteiger partial charge in [-0.15, -0.1) is 0 Å². The van der Waals surface area contributed by atoms with Crippen LogP contribution in [0, 0.1) is 5.82 Å². The number of hydrogen-bond acceptors (Lipinski definition) is 4. The fraction of sp³-hybridized carbons (Fsp3) is 0.375. The summed E-state index contributed by atoms with van der Waals surface area (Å²) in [4.78, 5) is 21.7. The first-order chi connectivity index (χ1) is 10.7. The van der Waals surface area contributed by atoms with E-state index < -0.39 is 11.4 Å². The highest BCUT2D eigenvalue weighted by Gasteiger charge is 2.08. The molecule has 1 N–H and O–H groups in total. The lowest BCUT2D eigenvalue weighted by atomic mass is 10.1. The van der Waals surface area contributed by atoms with Crippen molar-refractivity contribution in [3.8, 4) is 0 Å². The monoisotopic (exact) mass is 387 g/mol. The molecule has 0 unspecified atom stereocenters. The van der Waals surface area contributed by atoms with Crippen LogP contribution in [0.5, 0.6) is 0 Å². The normalized spacial score (nSPS) is 10.9. The van der Waals surface area contributed by atoms with Crippen molar-refractivity contribution < 1.29 is 18.3 Å². The quantitative estimate of drug-likeness (QED) is 0.819. The molecule has 23 heavy (non-hydrogen) atoms. The number of ether oxygens (including phenoxy) is 1. The summed E-state index contributed by atoms with van der Waals surface area (Å²) >= 11 is 3.04. The summed E-state index contributed by atoms with van der Waals surface area (Å²) in [6.07, 6.45) is 0.505. The molecule has 1 heterocycles. The number of nitrogens with one attached hydrogen (secondary N) is 1. The molecule has 0 saturated carbocycles. The SMILES string of the molecule is COC(C)(C)C.O=CNCc1cc2cc(Br)c(F)cc2c(=O)o1. The fourth-order valence-corrected chi connectivity index (χ4v) is 1.83. The molecular formula is C16H19BrFNO4. The van der Waals surface area contributed by atoms with E-state index in [-0.39, 0.29) is 22.0 Å². The zero-order chi connectivity index (χ0) is 17.6. The minimum absolute atomic E-state index is 0.0417. The van der Waals surface area contributed by atoms with E-state index in [2.05, 4.69) is 21.2 Å². The Bertz CT molecular complexity index is 737. The summed E-state index contributed by atoms with van der Waals surface area (Å²) in [7, 11) is 1.71. The van der Waals surface area contributed by atoms with Crippen molar-refractivity contribution in [2.45, 2.75) is 32.9 Å². The van der Waals surface area contributed by atoms with Gasteiger partial charge in [0, 0.05) is 7.11 Å². The van der Waals surface area contributed by atoms with Crippen LogP contribution >= 0.6 is 15.9 Å². The minimum atomic E-state index is -0.628. The number of carbonyl (C=O) groups excluding carboxylic acids is 1. The lowest BCUT2D eigenvalue weighted by Crippen LogP contribution is -2.15. The van der Waals surface area contributed by atoms with Crippen molar-refractivity contribution in [2.24, 2.45) is 0 Å². The molecule has 0 aliphatic rings. The summed E-state index contributed by atoms with van der Waals surface area (Å²) < 4.78 is 23.4. The molecule has 2 aromatic rings. The smallest absolute Gasteiger partial charge is 0.343 e. The number of methoxy groups -OCH3 is 1. The van der Waals surface area contributed by atoms with Crippen LogP contribution in [0.25, 0.3) is 10.8 Å². The average molecular weight is 388 g/mol. The highest BCUT2D eigenvalue weighted by molar-refractivity contribution is 9.10. The maximum Gasteiger partial charge on any atom is 0.343 e. The molecule has 1 aromatic heterocycles. The first-order valence-corrected chi connectivity index (χ1v) is 7.61. The van der Waals surface area contributed by atoms with E-state index in [4.69, 9.17) is 9.15 Å². The third-order valence-corrected chi connectivity index (χ3v) is 3.43. The lowest BCUT2D eigenvalue weighted by molar-refractivity contribution is -0.109. The molecule has 7 heteroatoms. The summed E-state index contributed by atoms with van der Waals surface area (Å²) in [5, 5.41) is 3.10. The number of benzene rings is 1. The second kappa shape index (κ2) is 8.21. The minimum Gasteiger partial charge on any atom is -0.426 e. The molecule has 0 bridgehead atoms. The highest BCUT2D eigenvalue weighted by Crippen LogP contribution is 2.22.